The average molecular weight is 443 g/mol. The van der Waals surface area contributed by atoms with Crippen molar-refractivity contribution in [2.75, 3.05) is 0 Å². The molecule has 5 rings (SSSR count). The van der Waals surface area contributed by atoms with E-state index >= 15 is 0 Å². The smallest absolute Gasteiger partial charge is 0.136 e. The monoisotopic (exact) mass is 442 g/mol. The first kappa shape index (κ1) is 23.4. The molecular formula is C30H50O2. The van der Waals surface area contributed by atoms with Gasteiger partial charge in [0.25, 0.3) is 0 Å². The van der Waals surface area contributed by atoms with Gasteiger partial charge in [-0.1, -0.05) is 55.4 Å². The van der Waals surface area contributed by atoms with Gasteiger partial charge in [0.05, 0.1) is 6.10 Å². The van der Waals surface area contributed by atoms with Crippen LogP contribution in [0.4, 0.5) is 0 Å². The maximum absolute atomic E-state index is 12.7. The summed E-state index contributed by atoms with van der Waals surface area (Å²) in [6, 6.07) is 0. The van der Waals surface area contributed by atoms with Crippen LogP contribution in [0.25, 0.3) is 0 Å². The van der Waals surface area contributed by atoms with E-state index in [1.807, 2.05) is 0 Å². The van der Waals surface area contributed by atoms with Crippen LogP contribution in [-0.2, 0) is 4.79 Å². The van der Waals surface area contributed by atoms with Crippen molar-refractivity contribution in [2.45, 2.75) is 126 Å². The van der Waals surface area contributed by atoms with Crippen molar-refractivity contribution in [1.29, 1.82) is 0 Å². The fourth-order valence-corrected chi connectivity index (χ4v) is 11.2. The minimum Gasteiger partial charge on any atom is -0.393 e. The van der Waals surface area contributed by atoms with Crippen molar-refractivity contribution in [3.63, 3.8) is 0 Å². The van der Waals surface area contributed by atoms with Gasteiger partial charge in [-0.25, -0.2) is 0 Å². The lowest BCUT2D eigenvalue weighted by Gasteiger charge is -2.75. The molecule has 5 aliphatic rings. The molecule has 0 aromatic carbocycles. The largest absolute Gasteiger partial charge is 0.393 e. The molecule has 0 aromatic heterocycles. The first-order chi connectivity index (χ1) is 14.6. The predicted octanol–water partition coefficient (Wildman–Crippen LogP) is 7.43. The van der Waals surface area contributed by atoms with Crippen LogP contribution < -0.4 is 0 Å². The summed E-state index contributed by atoms with van der Waals surface area (Å²) >= 11 is 0. The number of carbonyl (C=O) groups is 1. The number of Topliss-reactive ketones (excluding diaryl/α,β-unsaturated/α-hetero) is 1. The van der Waals surface area contributed by atoms with E-state index in [1.165, 1.54) is 44.9 Å². The summed E-state index contributed by atoms with van der Waals surface area (Å²) in [6.07, 6.45) is 11.4. The van der Waals surface area contributed by atoms with Gasteiger partial charge in [-0.05, 0) is 108 Å². The molecule has 2 heteroatoms. The van der Waals surface area contributed by atoms with E-state index in [0.717, 1.165) is 19.3 Å². The van der Waals surface area contributed by atoms with Gasteiger partial charge in [-0.3, -0.25) is 4.79 Å². The second-order valence-electron chi connectivity index (χ2n) is 15.4. The quantitative estimate of drug-likeness (QED) is 0.423. The van der Waals surface area contributed by atoms with Gasteiger partial charge in [-0.2, -0.15) is 0 Å². The van der Waals surface area contributed by atoms with Crippen LogP contribution in [0.1, 0.15) is 120 Å². The SMILES string of the molecule is C[C@H]1C(=O)CCC2[C@]3(C)CCC4(C)[C@@H]5CC(C)(C)CC[C@]5(C)[C@@H](O)C[C@]4(C)C3CC[C@@]21C. The third-order valence-corrected chi connectivity index (χ3v) is 13.8. The number of aliphatic hydroxyl groups is 1. The Morgan fingerprint density at radius 3 is 2.03 bits per heavy atom. The molecule has 0 aliphatic heterocycles. The van der Waals surface area contributed by atoms with Crippen molar-refractivity contribution in [1.82, 2.24) is 0 Å². The van der Waals surface area contributed by atoms with Gasteiger partial charge in [0.15, 0.2) is 0 Å². The molecule has 2 nitrogen and oxygen atoms in total. The zero-order valence-electron chi connectivity index (χ0n) is 22.3. The summed E-state index contributed by atoms with van der Waals surface area (Å²) in [5.74, 6) is 2.63. The van der Waals surface area contributed by atoms with Gasteiger partial charge in [0.1, 0.15) is 5.78 Å². The summed E-state index contributed by atoms with van der Waals surface area (Å²) in [5.41, 5.74) is 1.41. The van der Waals surface area contributed by atoms with Gasteiger partial charge in [0.2, 0.25) is 0 Å². The standard InChI is InChI=1S/C30H50O2/c1-19-20(31)9-10-21-26(19,4)12-11-22-27(21,5)15-16-29(7)23-17-25(2,3)13-14-28(23,6)24(32)18-30(22,29)8/h19,21-24,32H,9-18H2,1-8H3/t19-,21?,22?,23+,24-,26+,27-,28-,29?,30+/m0/s1. The minimum absolute atomic E-state index is 0.0759. The Bertz CT molecular complexity index is 816. The fourth-order valence-electron chi connectivity index (χ4n) is 11.2. The van der Waals surface area contributed by atoms with Gasteiger partial charge in [0, 0.05) is 12.3 Å². The van der Waals surface area contributed by atoms with Crippen LogP contribution in [0.2, 0.25) is 0 Å². The Labute approximate surface area is 197 Å². The molecule has 182 valence electrons. The zero-order valence-corrected chi connectivity index (χ0v) is 22.3. The van der Waals surface area contributed by atoms with E-state index in [-0.39, 0.29) is 28.3 Å². The van der Waals surface area contributed by atoms with Crippen molar-refractivity contribution in [3.8, 4) is 0 Å². The Balaban J connectivity index is 1.57. The number of ketones is 1. The van der Waals surface area contributed by atoms with E-state index in [2.05, 4.69) is 55.4 Å². The summed E-state index contributed by atoms with van der Waals surface area (Å²) in [7, 11) is 0. The van der Waals surface area contributed by atoms with E-state index < -0.39 is 0 Å². The number of aliphatic hydroxyl groups excluding tert-OH is 1. The molecule has 5 fully saturated rings. The third-order valence-electron chi connectivity index (χ3n) is 13.8. The molecule has 0 saturated heterocycles. The molecule has 32 heavy (non-hydrogen) atoms. The topological polar surface area (TPSA) is 37.3 Å². The lowest BCUT2D eigenvalue weighted by molar-refractivity contribution is -0.280. The maximum atomic E-state index is 12.7. The maximum Gasteiger partial charge on any atom is 0.136 e. The number of fused-ring (bicyclic) bond motifs is 7. The first-order valence-electron chi connectivity index (χ1n) is 13.8. The van der Waals surface area contributed by atoms with E-state index in [9.17, 15) is 9.90 Å². The molecule has 3 unspecified atom stereocenters. The molecule has 0 spiro atoms. The number of hydrogen-bond acceptors (Lipinski definition) is 2. The molecule has 0 amide bonds. The van der Waals surface area contributed by atoms with Gasteiger partial charge in [-0.15, -0.1) is 0 Å². The van der Waals surface area contributed by atoms with Gasteiger partial charge >= 0.3 is 0 Å². The highest BCUT2D eigenvalue weighted by Crippen LogP contribution is 2.78. The van der Waals surface area contributed by atoms with Crippen molar-refractivity contribution in [3.05, 3.63) is 0 Å². The van der Waals surface area contributed by atoms with E-state index in [4.69, 9.17) is 0 Å². The highest BCUT2D eigenvalue weighted by atomic mass is 16.3. The van der Waals surface area contributed by atoms with Crippen molar-refractivity contribution >= 4 is 5.78 Å². The lowest BCUT2D eigenvalue weighted by atomic mass is 9.29. The minimum atomic E-state index is -0.177. The second kappa shape index (κ2) is 6.64. The Kier molecular flexibility index (Phi) is 4.85. The number of carbonyl (C=O) groups excluding carboxylic acids is 1. The fraction of sp³-hybridized carbons (Fsp3) is 0.967. The molecule has 5 aliphatic carbocycles. The molecule has 0 radical (unpaired) electrons. The molecule has 1 N–H and O–H groups in total. The lowest BCUT2D eigenvalue weighted by Crippen LogP contribution is -2.70. The molecule has 0 bridgehead atoms. The van der Waals surface area contributed by atoms with Crippen molar-refractivity contribution in [2.24, 2.45) is 56.2 Å². The van der Waals surface area contributed by atoms with Crippen LogP contribution in [-0.4, -0.2) is 17.0 Å². The Morgan fingerprint density at radius 2 is 1.34 bits per heavy atom. The van der Waals surface area contributed by atoms with Crippen LogP contribution >= 0.6 is 0 Å². The van der Waals surface area contributed by atoms with E-state index in [0.29, 0.717) is 39.8 Å². The second-order valence-corrected chi connectivity index (χ2v) is 15.4. The normalized spacial score (nSPS) is 59.4. The molecule has 0 aromatic rings. The Morgan fingerprint density at radius 1 is 0.688 bits per heavy atom. The molecule has 5 saturated carbocycles. The highest BCUT2D eigenvalue weighted by molar-refractivity contribution is 5.82. The van der Waals surface area contributed by atoms with Crippen molar-refractivity contribution < 1.29 is 9.90 Å². The highest BCUT2D eigenvalue weighted by Gasteiger charge is 2.72. The summed E-state index contributed by atoms with van der Waals surface area (Å²) in [6.45, 7) is 19.9. The molecule has 0 heterocycles. The molecule has 10 atom stereocenters. The van der Waals surface area contributed by atoms with Crippen LogP contribution in [0.15, 0.2) is 0 Å². The summed E-state index contributed by atoms with van der Waals surface area (Å²) < 4.78 is 0. The summed E-state index contributed by atoms with van der Waals surface area (Å²) in [5, 5.41) is 11.7. The first-order valence-corrected chi connectivity index (χ1v) is 13.8. The van der Waals surface area contributed by atoms with Gasteiger partial charge < -0.3 is 5.11 Å². The zero-order chi connectivity index (χ0) is 23.5. The van der Waals surface area contributed by atoms with Crippen LogP contribution in [0.5, 0.6) is 0 Å². The predicted molar refractivity (Wildman–Crippen MR) is 131 cm³/mol. The number of rotatable bonds is 0. The third kappa shape index (κ3) is 2.66. The van der Waals surface area contributed by atoms with E-state index in [1.54, 1.807) is 0 Å². The average Bonchev–Trinajstić information content (AvgIpc) is 2.70. The molecular weight excluding hydrogens is 392 g/mol. The van der Waals surface area contributed by atoms with Crippen LogP contribution in [0.3, 0.4) is 0 Å². The number of hydrogen-bond donors (Lipinski definition) is 1. The van der Waals surface area contributed by atoms with Crippen LogP contribution in [0, 0.1) is 56.2 Å². The Hall–Kier alpha value is -0.370. The summed E-state index contributed by atoms with van der Waals surface area (Å²) in [4.78, 5) is 12.7.